The molecule has 0 spiro atoms. The van der Waals surface area contributed by atoms with E-state index in [1.807, 2.05) is 0 Å². The Labute approximate surface area is 75.7 Å². The fourth-order valence-corrected chi connectivity index (χ4v) is 0.928. The zero-order chi connectivity index (χ0) is 9.14. The van der Waals surface area contributed by atoms with Crippen LogP contribution in [0.2, 0.25) is 0 Å². The lowest BCUT2D eigenvalue weighted by Gasteiger charge is -1.95. The Morgan fingerprint density at radius 3 is 2.67 bits per heavy atom. The Hall–Kier alpha value is -0.840. The standard InChI is InChI=1S/C7H4BrF2NO/c8-3-6(12)5-2-1-4(9)7(10)11-5/h1-2H,3H2. The Kier molecular flexibility index (Phi) is 2.86. The molecule has 0 unspecified atom stereocenters. The number of pyridine rings is 1. The van der Waals surface area contributed by atoms with Crippen molar-refractivity contribution in [2.75, 3.05) is 5.33 Å². The highest BCUT2D eigenvalue weighted by Crippen LogP contribution is 2.05. The van der Waals surface area contributed by atoms with Crippen molar-refractivity contribution in [1.82, 2.24) is 4.98 Å². The predicted molar refractivity (Wildman–Crippen MR) is 42.3 cm³/mol. The molecule has 5 heteroatoms. The van der Waals surface area contributed by atoms with Crippen LogP contribution in [0.15, 0.2) is 12.1 Å². The number of carbonyl (C=O) groups excluding carboxylic acids is 1. The zero-order valence-electron chi connectivity index (χ0n) is 5.85. The first-order valence-corrected chi connectivity index (χ1v) is 4.18. The second-order valence-corrected chi connectivity index (χ2v) is 2.59. The van der Waals surface area contributed by atoms with Crippen molar-refractivity contribution in [1.29, 1.82) is 0 Å². The van der Waals surface area contributed by atoms with Crippen LogP contribution in [0, 0.1) is 11.8 Å². The van der Waals surface area contributed by atoms with Crippen LogP contribution >= 0.6 is 15.9 Å². The molecule has 0 amide bonds. The molecule has 0 aliphatic heterocycles. The van der Waals surface area contributed by atoms with E-state index in [2.05, 4.69) is 20.9 Å². The Morgan fingerprint density at radius 1 is 1.50 bits per heavy atom. The van der Waals surface area contributed by atoms with E-state index in [0.717, 1.165) is 12.1 Å². The number of ketones is 1. The van der Waals surface area contributed by atoms with E-state index in [-0.39, 0.29) is 16.8 Å². The minimum absolute atomic E-state index is 0.0467. The second kappa shape index (κ2) is 3.71. The molecule has 0 aliphatic rings. The molecule has 0 N–H and O–H groups in total. The number of alkyl halides is 1. The molecule has 0 saturated heterocycles. The number of nitrogens with zero attached hydrogens (tertiary/aromatic N) is 1. The van der Waals surface area contributed by atoms with Crippen molar-refractivity contribution >= 4 is 21.7 Å². The number of aromatic nitrogens is 1. The van der Waals surface area contributed by atoms with Crippen LogP contribution in [-0.4, -0.2) is 16.1 Å². The van der Waals surface area contributed by atoms with E-state index in [0.29, 0.717) is 0 Å². The molecule has 0 aromatic carbocycles. The summed E-state index contributed by atoms with van der Waals surface area (Å²) >= 11 is 2.89. The van der Waals surface area contributed by atoms with E-state index in [1.165, 1.54) is 0 Å². The summed E-state index contributed by atoms with van der Waals surface area (Å²) in [6, 6.07) is 2.01. The van der Waals surface area contributed by atoms with E-state index >= 15 is 0 Å². The van der Waals surface area contributed by atoms with Crippen molar-refractivity contribution in [3.8, 4) is 0 Å². The molecule has 1 aromatic rings. The zero-order valence-corrected chi connectivity index (χ0v) is 7.44. The van der Waals surface area contributed by atoms with E-state index < -0.39 is 11.8 Å². The lowest BCUT2D eigenvalue weighted by Crippen LogP contribution is -2.05. The van der Waals surface area contributed by atoms with Gasteiger partial charge in [-0.2, -0.15) is 4.39 Å². The number of Topliss-reactive ketones (excluding diaryl/α,β-unsaturated/α-hetero) is 1. The number of hydrogen-bond donors (Lipinski definition) is 0. The van der Waals surface area contributed by atoms with Crippen molar-refractivity contribution in [3.63, 3.8) is 0 Å². The molecular formula is C7H4BrF2NO. The first-order valence-electron chi connectivity index (χ1n) is 3.06. The molecule has 12 heavy (non-hydrogen) atoms. The summed E-state index contributed by atoms with van der Waals surface area (Å²) < 4.78 is 24.7. The summed E-state index contributed by atoms with van der Waals surface area (Å²) in [6.45, 7) is 0. The van der Waals surface area contributed by atoms with Crippen LogP contribution in [0.3, 0.4) is 0 Å². The van der Waals surface area contributed by atoms with Gasteiger partial charge >= 0.3 is 0 Å². The minimum atomic E-state index is -1.25. The van der Waals surface area contributed by atoms with Gasteiger partial charge in [0.1, 0.15) is 5.69 Å². The quantitative estimate of drug-likeness (QED) is 0.446. The van der Waals surface area contributed by atoms with E-state index in [4.69, 9.17) is 0 Å². The molecule has 0 bridgehead atoms. The topological polar surface area (TPSA) is 30.0 Å². The maximum absolute atomic E-state index is 12.4. The summed E-state index contributed by atoms with van der Waals surface area (Å²) in [5.74, 6) is -2.68. The Balaban J connectivity index is 3.05. The highest BCUT2D eigenvalue weighted by atomic mass is 79.9. The highest BCUT2D eigenvalue weighted by Gasteiger charge is 2.09. The smallest absolute Gasteiger partial charge is 0.249 e. The summed E-state index contributed by atoms with van der Waals surface area (Å²) in [7, 11) is 0. The minimum Gasteiger partial charge on any atom is -0.291 e. The van der Waals surface area contributed by atoms with Crippen LogP contribution in [-0.2, 0) is 0 Å². The molecule has 1 aromatic heterocycles. The van der Waals surface area contributed by atoms with Crippen LogP contribution in [0.1, 0.15) is 10.5 Å². The van der Waals surface area contributed by atoms with Gasteiger partial charge in [-0.3, -0.25) is 4.79 Å². The van der Waals surface area contributed by atoms with Crippen LogP contribution < -0.4 is 0 Å². The van der Waals surface area contributed by atoms with Crippen LogP contribution in [0.5, 0.6) is 0 Å². The van der Waals surface area contributed by atoms with Gasteiger partial charge in [-0.15, -0.1) is 0 Å². The van der Waals surface area contributed by atoms with Gasteiger partial charge in [0.05, 0.1) is 5.33 Å². The number of rotatable bonds is 2. The summed E-state index contributed by atoms with van der Waals surface area (Å²) in [5.41, 5.74) is -0.0780. The molecular weight excluding hydrogens is 232 g/mol. The highest BCUT2D eigenvalue weighted by molar-refractivity contribution is 9.09. The van der Waals surface area contributed by atoms with Gasteiger partial charge in [0.2, 0.25) is 5.95 Å². The van der Waals surface area contributed by atoms with Crippen molar-refractivity contribution < 1.29 is 13.6 Å². The van der Waals surface area contributed by atoms with Crippen LogP contribution in [0.25, 0.3) is 0 Å². The second-order valence-electron chi connectivity index (χ2n) is 2.03. The van der Waals surface area contributed by atoms with Gasteiger partial charge in [0, 0.05) is 0 Å². The molecule has 64 valence electrons. The lowest BCUT2D eigenvalue weighted by atomic mass is 10.3. The Bertz CT molecular complexity index is 316. The van der Waals surface area contributed by atoms with E-state index in [9.17, 15) is 13.6 Å². The SMILES string of the molecule is O=C(CBr)c1ccc(F)c(F)n1. The van der Waals surface area contributed by atoms with Gasteiger partial charge in [0.15, 0.2) is 11.6 Å². The summed E-state index contributed by atoms with van der Waals surface area (Å²) in [5, 5.41) is 0.0467. The maximum atomic E-state index is 12.4. The molecule has 0 saturated carbocycles. The van der Waals surface area contributed by atoms with Gasteiger partial charge in [-0.25, -0.2) is 9.37 Å². The molecule has 1 rings (SSSR count). The molecule has 0 atom stereocenters. The predicted octanol–water partition coefficient (Wildman–Crippen LogP) is 1.94. The number of halogens is 3. The first-order chi connectivity index (χ1) is 5.65. The average molecular weight is 236 g/mol. The normalized spacial score (nSPS) is 9.92. The molecule has 0 fully saturated rings. The number of carbonyl (C=O) groups is 1. The van der Waals surface area contributed by atoms with Crippen molar-refractivity contribution in [3.05, 3.63) is 29.6 Å². The third-order valence-corrected chi connectivity index (χ3v) is 1.72. The monoisotopic (exact) mass is 235 g/mol. The molecule has 0 radical (unpaired) electrons. The largest absolute Gasteiger partial charge is 0.291 e. The summed E-state index contributed by atoms with van der Waals surface area (Å²) in [6.07, 6.45) is 0. The molecule has 0 aliphatic carbocycles. The average Bonchev–Trinajstić information content (AvgIpc) is 2.08. The van der Waals surface area contributed by atoms with Crippen LogP contribution in [0.4, 0.5) is 8.78 Å². The fraction of sp³-hybridized carbons (Fsp3) is 0.143. The Morgan fingerprint density at radius 2 is 2.17 bits per heavy atom. The first kappa shape index (κ1) is 9.25. The number of hydrogen-bond acceptors (Lipinski definition) is 2. The van der Waals surface area contributed by atoms with Gasteiger partial charge in [-0.05, 0) is 12.1 Å². The third kappa shape index (κ3) is 1.85. The third-order valence-electron chi connectivity index (χ3n) is 1.21. The van der Waals surface area contributed by atoms with Gasteiger partial charge < -0.3 is 0 Å². The lowest BCUT2D eigenvalue weighted by molar-refractivity contribution is 0.101. The van der Waals surface area contributed by atoms with Crippen molar-refractivity contribution in [2.45, 2.75) is 0 Å². The van der Waals surface area contributed by atoms with Gasteiger partial charge in [-0.1, -0.05) is 15.9 Å². The summed E-state index contributed by atoms with van der Waals surface area (Å²) in [4.78, 5) is 14.0. The van der Waals surface area contributed by atoms with Gasteiger partial charge in [0.25, 0.3) is 0 Å². The fourth-order valence-electron chi connectivity index (χ4n) is 0.641. The van der Waals surface area contributed by atoms with Crippen molar-refractivity contribution in [2.24, 2.45) is 0 Å². The van der Waals surface area contributed by atoms with E-state index in [1.54, 1.807) is 0 Å². The maximum Gasteiger partial charge on any atom is 0.249 e. The molecule has 2 nitrogen and oxygen atoms in total. The molecule has 1 heterocycles.